The van der Waals surface area contributed by atoms with Crippen molar-refractivity contribution in [3.05, 3.63) is 0 Å². The van der Waals surface area contributed by atoms with E-state index in [4.69, 9.17) is 14.7 Å². The van der Waals surface area contributed by atoms with Gasteiger partial charge in [-0.2, -0.15) is 0 Å². The molecule has 2 saturated heterocycles. The lowest BCUT2D eigenvalue weighted by molar-refractivity contribution is -0.199. The molecule has 182 valence electrons. The Morgan fingerprint density at radius 3 is 2.39 bits per heavy atom. The summed E-state index contributed by atoms with van der Waals surface area (Å²) in [4.78, 5) is 79.1. The van der Waals surface area contributed by atoms with E-state index in [0.29, 0.717) is 5.06 Å². The van der Waals surface area contributed by atoms with Gasteiger partial charge in [0.05, 0.1) is 18.0 Å². The number of nitrogens with zero attached hydrogens (tertiary/aromatic N) is 3. The zero-order chi connectivity index (χ0) is 24.2. The van der Waals surface area contributed by atoms with Crippen molar-refractivity contribution in [1.82, 2.24) is 20.2 Å². The summed E-state index contributed by atoms with van der Waals surface area (Å²) >= 11 is 0. The van der Waals surface area contributed by atoms with Gasteiger partial charge >= 0.3 is 18.0 Å². The lowest BCUT2D eigenvalue weighted by atomic mass is 10.1. The molecule has 13 nitrogen and oxygen atoms in total. The van der Waals surface area contributed by atoms with E-state index in [1.54, 1.807) is 11.8 Å². The van der Waals surface area contributed by atoms with Gasteiger partial charge in [0.15, 0.2) is 0 Å². The standard InChI is InChI=1S/C20H28N4O9/c1-20(5-6-20)18(29)32-12-13-10-23(14(25)4-7-21-19(30)31)9-8-22(13)11-17(28)33-24-15(26)2-3-16(24)27/h13,21H,2-12H2,1H3,(H,30,31). The average Bonchev–Trinajstić information content (AvgIpc) is 3.45. The van der Waals surface area contributed by atoms with Gasteiger partial charge in [-0.15, -0.1) is 5.06 Å². The minimum absolute atomic E-state index is 0.0129. The highest BCUT2D eigenvalue weighted by Crippen LogP contribution is 2.46. The Hall–Kier alpha value is -3.22. The molecule has 33 heavy (non-hydrogen) atoms. The number of hydroxylamine groups is 2. The minimum atomic E-state index is -1.22. The fourth-order valence-corrected chi connectivity index (χ4v) is 3.61. The maximum atomic E-state index is 12.5. The number of amides is 4. The van der Waals surface area contributed by atoms with Gasteiger partial charge in [0.25, 0.3) is 11.8 Å². The van der Waals surface area contributed by atoms with E-state index in [1.165, 1.54) is 4.90 Å². The summed E-state index contributed by atoms with van der Waals surface area (Å²) in [5.74, 6) is -2.59. The third-order valence-corrected chi connectivity index (χ3v) is 6.00. The summed E-state index contributed by atoms with van der Waals surface area (Å²) in [6, 6.07) is -0.515. The van der Waals surface area contributed by atoms with Crippen molar-refractivity contribution in [3.8, 4) is 0 Å². The zero-order valence-electron chi connectivity index (χ0n) is 18.4. The maximum absolute atomic E-state index is 12.5. The molecule has 0 aromatic rings. The number of carbonyl (C=O) groups is 6. The number of hydrogen-bond acceptors (Lipinski definition) is 9. The third-order valence-electron chi connectivity index (χ3n) is 6.00. The highest BCUT2D eigenvalue weighted by Gasteiger charge is 2.47. The van der Waals surface area contributed by atoms with Crippen LogP contribution in [0.5, 0.6) is 0 Å². The van der Waals surface area contributed by atoms with Crippen LogP contribution in [0.3, 0.4) is 0 Å². The molecule has 4 amide bonds. The van der Waals surface area contributed by atoms with Crippen molar-refractivity contribution < 1.29 is 43.4 Å². The van der Waals surface area contributed by atoms with E-state index in [9.17, 15) is 28.8 Å². The lowest BCUT2D eigenvalue weighted by Gasteiger charge is -2.40. The molecule has 0 aromatic heterocycles. The van der Waals surface area contributed by atoms with Crippen LogP contribution in [0.4, 0.5) is 4.79 Å². The molecule has 2 aliphatic heterocycles. The average molecular weight is 468 g/mol. The molecular formula is C20H28N4O9. The predicted octanol–water partition coefficient (Wildman–Crippen LogP) is -0.893. The Balaban J connectivity index is 1.58. The summed E-state index contributed by atoms with van der Waals surface area (Å²) in [6.07, 6.45) is 0.205. The first-order valence-electron chi connectivity index (χ1n) is 10.8. The van der Waals surface area contributed by atoms with Gasteiger partial charge in [-0.05, 0) is 19.8 Å². The molecule has 0 bridgehead atoms. The summed E-state index contributed by atoms with van der Waals surface area (Å²) in [5.41, 5.74) is -0.493. The molecule has 3 rings (SSSR count). The second kappa shape index (κ2) is 10.1. The Morgan fingerprint density at radius 2 is 1.79 bits per heavy atom. The molecule has 0 radical (unpaired) electrons. The van der Waals surface area contributed by atoms with Crippen molar-refractivity contribution in [1.29, 1.82) is 0 Å². The van der Waals surface area contributed by atoms with Gasteiger partial charge in [-0.3, -0.25) is 24.1 Å². The molecule has 1 saturated carbocycles. The predicted molar refractivity (Wildman–Crippen MR) is 108 cm³/mol. The van der Waals surface area contributed by atoms with Gasteiger partial charge in [-0.1, -0.05) is 0 Å². The number of esters is 1. The molecule has 1 atom stereocenters. The first-order chi connectivity index (χ1) is 15.6. The van der Waals surface area contributed by atoms with Gasteiger partial charge in [-0.25, -0.2) is 9.59 Å². The molecule has 2 heterocycles. The number of rotatable bonds is 9. The SMILES string of the molecule is CC1(C(=O)OCC2CN(C(=O)CCNC(=O)O)CCN2CC(=O)ON2C(=O)CCC2=O)CC1. The number of piperazine rings is 1. The van der Waals surface area contributed by atoms with Crippen LogP contribution in [0.1, 0.15) is 39.0 Å². The maximum Gasteiger partial charge on any atom is 0.404 e. The van der Waals surface area contributed by atoms with Crippen molar-refractivity contribution in [2.24, 2.45) is 5.41 Å². The number of carbonyl (C=O) groups excluding carboxylic acids is 5. The zero-order valence-corrected chi connectivity index (χ0v) is 18.4. The van der Waals surface area contributed by atoms with Crippen LogP contribution >= 0.6 is 0 Å². The molecule has 1 aliphatic carbocycles. The van der Waals surface area contributed by atoms with E-state index in [0.717, 1.165) is 12.8 Å². The topological polar surface area (TPSA) is 163 Å². The largest absolute Gasteiger partial charge is 0.465 e. The second-order valence-electron chi connectivity index (χ2n) is 8.65. The van der Waals surface area contributed by atoms with Crippen molar-refractivity contribution >= 4 is 35.8 Å². The number of imide groups is 1. The summed E-state index contributed by atoms with van der Waals surface area (Å²) in [6.45, 7) is 2.14. The van der Waals surface area contributed by atoms with E-state index >= 15 is 0 Å². The minimum Gasteiger partial charge on any atom is -0.465 e. The molecule has 3 aliphatic rings. The normalized spacial score (nSPS) is 22.2. The molecule has 0 aromatic carbocycles. The number of carboxylic acid groups (broad SMARTS) is 1. The number of nitrogens with one attached hydrogen (secondary N) is 1. The molecule has 1 unspecified atom stereocenters. The van der Waals surface area contributed by atoms with Crippen molar-refractivity contribution in [2.45, 2.75) is 45.1 Å². The van der Waals surface area contributed by atoms with Crippen LogP contribution in [0, 0.1) is 5.41 Å². The molecule has 0 spiro atoms. The number of ether oxygens (including phenoxy) is 1. The van der Waals surface area contributed by atoms with E-state index in [1.807, 2.05) is 0 Å². The Labute approximate surface area is 189 Å². The lowest BCUT2D eigenvalue weighted by Crippen LogP contribution is -2.58. The van der Waals surface area contributed by atoms with Crippen LogP contribution in [0.15, 0.2) is 0 Å². The molecular weight excluding hydrogens is 440 g/mol. The summed E-state index contributed by atoms with van der Waals surface area (Å²) in [7, 11) is 0. The molecule has 3 fully saturated rings. The van der Waals surface area contributed by atoms with Crippen molar-refractivity contribution in [3.63, 3.8) is 0 Å². The summed E-state index contributed by atoms with van der Waals surface area (Å²) < 4.78 is 5.45. The van der Waals surface area contributed by atoms with E-state index in [2.05, 4.69) is 5.32 Å². The Kier molecular flexibility index (Phi) is 7.51. The second-order valence-corrected chi connectivity index (χ2v) is 8.65. The first kappa shape index (κ1) is 24.4. The van der Waals surface area contributed by atoms with Gasteiger partial charge in [0.1, 0.15) is 6.61 Å². The number of hydrogen-bond donors (Lipinski definition) is 2. The first-order valence-corrected chi connectivity index (χ1v) is 10.8. The van der Waals surface area contributed by atoms with Crippen LogP contribution in [-0.4, -0.2) is 101 Å². The Bertz CT molecular complexity index is 825. The monoisotopic (exact) mass is 468 g/mol. The van der Waals surface area contributed by atoms with Crippen molar-refractivity contribution in [2.75, 3.05) is 39.3 Å². The third kappa shape index (κ3) is 6.40. The molecule has 2 N–H and O–H groups in total. The fraction of sp³-hybridized carbons (Fsp3) is 0.700. The van der Waals surface area contributed by atoms with E-state index in [-0.39, 0.29) is 70.5 Å². The van der Waals surface area contributed by atoms with E-state index < -0.39 is 35.3 Å². The smallest absolute Gasteiger partial charge is 0.404 e. The highest BCUT2D eigenvalue weighted by molar-refractivity contribution is 6.01. The van der Waals surface area contributed by atoms with Gasteiger partial charge < -0.3 is 24.9 Å². The Morgan fingerprint density at radius 1 is 1.12 bits per heavy atom. The van der Waals surface area contributed by atoms with Crippen LogP contribution in [-0.2, 0) is 33.5 Å². The highest BCUT2D eigenvalue weighted by atomic mass is 16.7. The molecule has 13 heteroatoms. The van der Waals surface area contributed by atoms with Crippen LogP contribution < -0.4 is 5.32 Å². The van der Waals surface area contributed by atoms with Crippen LogP contribution in [0.25, 0.3) is 0 Å². The quantitative estimate of drug-likeness (QED) is 0.320. The van der Waals surface area contributed by atoms with Crippen LogP contribution in [0.2, 0.25) is 0 Å². The van der Waals surface area contributed by atoms with Gasteiger partial charge in [0.2, 0.25) is 5.91 Å². The fourth-order valence-electron chi connectivity index (χ4n) is 3.61. The van der Waals surface area contributed by atoms with Gasteiger partial charge in [0, 0.05) is 45.4 Å². The summed E-state index contributed by atoms with van der Waals surface area (Å²) in [5, 5.41) is 11.3.